The number of rotatable bonds is 4. The van der Waals surface area contributed by atoms with Crippen LogP contribution in [-0.4, -0.2) is 19.0 Å². The van der Waals surface area contributed by atoms with Crippen LogP contribution in [0, 0.1) is 12.7 Å². The molecule has 0 atom stereocenters. The molecule has 0 saturated carbocycles. The largest absolute Gasteiger partial charge is 0.352 e. The van der Waals surface area contributed by atoms with Gasteiger partial charge in [-0.25, -0.2) is 4.39 Å². The van der Waals surface area contributed by atoms with E-state index in [0.717, 1.165) is 6.07 Å². The number of hydrogen-bond acceptors (Lipinski definition) is 2. The second kappa shape index (κ2) is 5.72. The molecule has 1 N–H and O–H groups in total. The molecule has 6 heteroatoms. The molecule has 0 radical (unpaired) electrons. The maximum absolute atomic E-state index is 13.0. The number of amides is 1. The van der Waals surface area contributed by atoms with E-state index >= 15 is 0 Å². The van der Waals surface area contributed by atoms with Gasteiger partial charge in [-0.2, -0.15) is 0 Å². The van der Waals surface area contributed by atoms with Crippen molar-refractivity contribution < 1.29 is 9.18 Å². The van der Waals surface area contributed by atoms with Crippen LogP contribution in [0.25, 0.3) is 10.4 Å². The van der Waals surface area contributed by atoms with Crippen molar-refractivity contribution in [2.45, 2.75) is 6.92 Å². The zero-order valence-electron chi connectivity index (χ0n) is 8.77. The molecule has 0 aliphatic heterocycles. The van der Waals surface area contributed by atoms with Gasteiger partial charge in [-0.3, -0.25) is 4.79 Å². The molecule has 16 heavy (non-hydrogen) atoms. The first-order chi connectivity index (χ1) is 7.63. The third kappa shape index (κ3) is 3.59. The number of hydrogen-bond donors (Lipinski definition) is 1. The van der Waals surface area contributed by atoms with Crippen LogP contribution in [-0.2, 0) is 0 Å². The Labute approximate surface area is 91.9 Å². The molecule has 1 aromatic carbocycles. The number of halogens is 1. The van der Waals surface area contributed by atoms with Crippen LogP contribution in [0.2, 0.25) is 0 Å². The predicted octanol–water partition coefficient (Wildman–Crippen LogP) is 2.17. The van der Waals surface area contributed by atoms with Gasteiger partial charge in [-0.15, -0.1) is 0 Å². The molecule has 0 aliphatic rings. The Hall–Kier alpha value is -2.07. The van der Waals surface area contributed by atoms with Gasteiger partial charge >= 0.3 is 0 Å². The van der Waals surface area contributed by atoms with Crippen molar-refractivity contribution in [1.29, 1.82) is 0 Å². The highest BCUT2D eigenvalue weighted by atomic mass is 19.1. The molecule has 0 spiro atoms. The molecular weight excluding hydrogens is 211 g/mol. The first-order valence-corrected chi connectivity index (χ1v) is 4.69. The zero-order valence-corrected chi connectivity index (χ0v) is 8.77. The second-order valence-electron chi connectivity index (χ2n) is 3.23. The van der Waals surface area contributed by atoms with Crippen LogP contribution in [0.15, 0.2) is 23.3 Å². The fourth-order valence-electron chi connectivity index (χ4n) is 1.23. The molecule has 0 saturated heterocycles. The van der Waals surface area contributed by atoms with E-state index in [1.165, 1.54) is 6.07 Å². The molecule has 0 heterocycles. The monoisotopic (exact) mass is 222 g/mol. The van der Waals surface area contributed by atoms with Gasteiger partial charge in [0.1, 0.15) is 5.82 Å². The molecule has 1 rings (SSSR count). The van der Waals surface area contributed by atoms with Crippen molar-refractivity contribution in [2.24, 2.45) is 5.11 Å². The molecule has 0 bridgehead atoms. The lowest BCUT2D eigenvalue weighted by Crippen LogP contribution is -2.26. The van der Waals surface area contributed by atoms with Crippen LogP contribution >= 0.6 is 0 Å². The van der Waals surface area contributed by atoms with Crippen molar-refractivity contribution in [3.05, 3.63) is 45.6 Å². The Balaban J connectivity index is 2.62. The minimum Gasteiger partial charge on any atom is -0.352 e. The Morgan fingerprint density at radius 3 is 2.94 bits per heavy atom. The van der Waals surface area contributed by atoms with Crippen LogP contribution in [0.1, 0.15) is 15.9 Å². The summed E-state index contributed by atoms with van der Waals surface area (Å²) in [6.45, 7) is 2.12. The van der Waals surface area contributed by atoms with E-state index in [1.807, 2.05) is 0 Å². The van der Waals surface area contributed by atoms with Crippen LogP contribution in [0.4, 0.5) is 4.39 Å². The number of nitrogens with one attached hydrogen (secondary N) is 1. The molecule has 84 valence electrons. The smallest absolute Gasteiger partial charge is 0.251 e. The lowest BCUT2D eigenvalue weighted by atomic mass is 10.1. The molecule has 0 aliphatic carbocycles. The third-order valence-electron chi connectivity index (χ3n) is 1.86. The van der Waals surface area contributed by atoms with Gasteiger partial charge in [-0.05, 0) is 36.2 Å². The molecule has 5 nitrogen and oxygen atoms in total. The Morgan fingerprint density at radius 1 is 1.56 bits per heavy atom. The number of azide groups is 1. The maximum Gasteiger partial charge on any atom is 0.251 e. The van der Waals surface area contributed by atoms with E-state index in [9.17, 15) is 9.18 Å². The fourth-order valence-corrected chi connectivity index (χ4v) is 1.23. The fraction of sp³-hybridized carbons (Fsp3) is 0.300. The van der Waals surface area contributed by atoms with E-state index in [-0.39, 0.29) is 24.6 Å². The van der Waals surface area contributed by atoms with Crippen molar-refractivity contribution in [2.75, 3.05) is 13.1 Å². The van der Waals surface area contributed by atoms with E-state index in [1.54, 1.807) is 13.0 Å². The summed E-state index contributed by atoms with van der Waals surface area (Å²) in [5.41, 5.74) is 8.96. The lowest BCUT2D eigenvalue weighted by molar-refractivity contribution is 0.0954. The molecular formula is C10H11FN4O. The maximum atomic E-state index is 13.0. The van der Waals surface area contributed by atoms with E-state index < -0.39 is 5.82 Å². The second-order valence-corrected chi connectivity index (χ2v) is 3.23. The first-order valence-electron chi connectivity index (χ1n) is 4.69. The standard InChI is InChI=1S/C10H11FN4O/c1-7-4-8(6-9(11)5-7)10(16)13-2-3-14-15-12/h4-6H,2-3H2,1H3,(H,13,16). The summed E-state index contributed by atoms with van der Waals surface area (Å²) in [7, 11) is 0. The number of carbonyl (C=O) groups excluding carboxylic acids is 1. The molecule has 0 unspecified atom stereocenters. The molecule has 0 aromatic heterocycles. The van der Waals surface area contributed by atoms with Crippen LogP contribution in [0.3, 0.4) is 0 Å². The summed E-state index contributed by atoms with van der Waals surface area (Å²) in [5.74, 6) is -0.823. The lowest BCUT2D eigenvalue weighted by Gasteiger charge is -2.04. The zero-order chi connectivity index (χ0) is 12.0. The summed E-state index contributed by atoms with van der Waals surface area (Å²) in [6.07, 6.45) is 0. The van der Waals surface area contributed by atoms with Crippen molar-refractivity contribution in [3.63, 3.8) is 0 Å². The molecule has 1 aromatic rings. The summed E-state index contributed by atoms with van der Waals surface area (Å²) >= 11 is 0. The number of carbonyl (C=O) groups is 1. The highest BCUT2D eigenvalue weighted by molar-refractivity contribution is 5.94. The van der Waals surface area contributed by atoms with Crippen LogP contribution in [0.5, 0.6) is 0 Å². The highest BCUT2D eigenvalue weighted by Crippen LogP contribution is 2.07. The van der Waals surface area contributed by atoms with E-state index in [0.29, 0.717) is 5.56 Å². The van der Waals surface area contributed by atoms with Gasteiger partial charge < -0.3 is 5.32 Å². The van der Waals surface area contributed by atoms with Gasteiger partial charge in [0.25, 0.3) is 5.91 Å². The Bertz CT molecular complexity index is 420. The van der Waals surface area contributed by atoms with Gasteiger partial charge in [-0.1, -0.05) is 5.11 Å². The summed E-state index contributed by atoms with van der Waals surface area (Å²) < 4.78 is 13.0. The normalized spacial score (nSPS) is 9.38. The number of aryl methyl sites for hydroxylation is 1. The minimum absolute atomic E-state index is 0.177. The third-order valence-corrected chi connectivity index (χ3v) is 1.86. The molecule has 0 fully saturated rings. The van der Waals surface area contributed by atoms with E-state index in [2.05, 4.69) is 15.3 Å². The Morgan fingerprint density at radius 2 is 2.31 bits per heavy atom. The average molecular weight is 222 g/mol. The predicted molar refractivity (Wildman–Crippen MR) is 57.5 cm³/mol. The van der Waals surface area contributed by atoms with Gasteiger partial charge in [0.05, 0.1) is 0 Å². The summed E-state index contributed by atoms with van der Waals surface area (Å²) in [4.78, 5) is 14.0. The SMILES string of the molecule is Cc1cc(F)cc(C(=O)NCCN=[N+]=[N-])c1. The quantitative estimate of drug-likeness (QED) is 0.360. The average Bonchev–Trinajstić information content (AvgIpc) is 2.22. The van der Waals surface area contributed by atoms with Gasteiger partial charge in [0.15, 0.2) is 0 Å². The summed E-state index contributed by atoms with van der Waals surface area (Å²) in [6, 6.07) is 4.10. The molecule has 1 amide bonds. The van der Waals surface area contributed by atoms with Crippen molar-refractivity contribution >= 4 is 5.91 Å². The number of nitrogens with zero attached hydrogens (tertiary/aromatic N) is 3. The number of benzene rings is 1. The highest BCUT2D eigenvalue weighted by Gasteiger charge is 2.06. The van der Waals surface area contributed by atoms with Crippen molar-refractivity contribution in [1.82, 2.24) is 5.32 Å². The van der Waals surface area contributed by atoms with Crippen LogP contribution < -0.4 is 5.32 Å². The minimum atomic E-state index is -0.444. The summed E-state index contributed by atoms with van der Waals surface area (Å²) in [5, 5.41) is 5.78. The topological polar surface area (TPSA) is 77.9 Å². The Kier molecular flexibility index (Phi) is 4.29. The first kappa shape index (κ1) is 12.0. The van der Waals surface area contributed by atoms with Crippen molar-refractivity contribution in [3.8, 4) is 0 Å². The van der Waals surface area contributed by atoms with Gasteiger partial charge in [0, 0.05) is 23.6 Å². The van der Waals surface area contributed by atoms with Gasteiger partial charge in [0.2, 0.25) is 0 Å². The van der Waals surface area contributed by atoms with E-state index in [4.69, 9.17) is 5.53 Å².